The summed E-state index contributed by atoms with van der Waals surface area (Å²) in [5, 5.41) is 0. The molecule has 0 aliphatic rings. The number of halogens is 1. The predicted molar refractivity (Wildman–Crippen MR) is 89.2 cm³/mol. The highest BCUT2D eigenvalue weighted by atomic mass is 79.9. The van der Waals surface area contributed by atoms with Gasteiger partial charge in [0.05, 0.1) is 11.6 Å². The number of benzene rings is 2. The smallest absolute Gasteiger partial charge is 0.169 e. The summed E-state index contributed by atoms with van der Waals surface area (Å²) in [4.78, 5) is 0. The highest BCUT2D eigenvalue weighted by molar-refractivity contribution is 9.10. The molecule has 2 aromatic carbocycles. The minimum absolute atomic E-state index is 0.00581. The highest BCUT2D eigenvalue weighted by Gasteiger charge is 2.10. The molecule has 0 unspecified atom stereocenters. The maximum absolute atomic E-state index is 5.95. The fourth-order valence-corrected chi connectivity index (χ4v) is 2.50. The first kappa shape index (κ1) is 15.9. The van der Waals surface area contributed by atoms with Gasteiger partial charge >= 0.3 is 0 Å². The average Bonchev–Trinajstić information content (AvgIpc) is 2.49. The Labute approximate surface area is 134 Å². The highest BCUT2D eigenvalue weighted by Crippen LogP contribution is 2.36. The lowest BCUT2D eigenvalue weighted by molar-refractivity contribution is 0.377. The summed E-state index contributed by atoms with van der Waals surface area (Å²) in [5.74, 6) is 2.17. The standard InChI is InChI=1S/C17H20BrNO2/c1-4-12-5-7-16(17(9-12)20-3)21-15-8-6-13(11(2)19)10-14(15)18/h5-11H,4,19H2,1-3H3/t11-/m1/s1. The molecule has 0 heterocycles. The molecule has 21 heavy (non-hydrogen) atoms. The van der Waals surface area contributed by atoms with Gasteiger partial charge in [0.2, 0.25) is 0 Å². The Morgan fingerprint density at radius 2 is 1.81 bits per heavy atom. The van der Waals surface area contributed by atoms with Crippen LogP contribution in [0.15, 0.2) is 40.9 Å². The van der Waals surface area contributed by atoms with Gasteiger partial charge in [0.15, 0.2) is 11.5 Å². The van der Waals surface area contributed by atoms with Gasteiger partial charge in [0.1, 0.15) is 5.75 Å². The lowest BCUT2D eigenvalue weighted by Gasteiger charge is -2.14. The summed E-state index contributed by atoms with van der Waals surface area (Å²) in [7, 11) is 1.65. The van der Waals surface area contributed by atoms with Crippen LogP contribution in [-0.2, 0) is 6.42 Å². The Bertz CT molecular complexity index is 626. The monoisotopic (exact) mass is 349 g/mol. The molecule has 0 aliphatic carbocycles. The van der Waals surface area contributed by atoms with Crippen LogP contribution in [0.5, 0.6) is 17.2 Å². The van der Waals surface area contributed by atoms with E-state index in [1.807, 2.05) is 43.3 Å². The number of aryl methyl sites for hydroxylation is 1. The van der Waals surface area contributed by atoms with E-state index in [4.69, 9.17) is 15.2 Å². The molecule has 112 valence electrons. The van der Waals surface area contributed by atoms with Gasteiger partial charge in [0.25, 0.3) is 0 Å². The second-order valence-corrected chi connectivity index (χ2v) is 5.77. The molecule has 0 spiro atoms. The van der Waals surface area contributed by atoms with Gasteiger partial charge in [-0.1, -0.05) is 19.1 Å². The van der Waals surface area contributed by atoms with Crippen molar-refractivity contribution >= 4 is 15.9 Å². The fourth-order valence-electron chi connectivity index (χ4n) is 2.02. The van der Waals surface area contributed by atoms with Crippen molar-refractivity contribution in [2.75, 3.05) is 7.11 Å². The van der Waals surface area contributed by atoms with Crippen molar-refractivity contribution in [3.05, 3.63) is 52.0 Å². The number of hydrogen-bond donors (Lipinski definition) is 1. The Morgan fingerprint density at radius 1 is 1.10 bits per heavy atom. The first-order valence-electron chi connectivity index (χ1n) is 6.95. The molecular weight excluding hydrogens is 330 g/mol. The lowest BCUT2D eigenvalue weighted by atomic mass is 10.1. The van der Waals surface area contributed by atoms with E-state index in [9.17, 15) is 0 Å². The van der Waals surface area contributed by atoms with Gasteiger partial charge in [-0.2, -0.15) is 0 Å². The summed E-state index contributed by atoms with van der Waals surface area (Å²) in [6.07, 6.45) is 0.962. The van der Waals surface area contributed by atoms with Crippen LogP contribution in [0.25, 0.3) is 0 Å². The molecule has 2 rings (SSSR count). The number of rotatable bonds is 5. The van der Waals surface area contributed by atoms with Crippen LogP contribution in [0.3, 0.4) is 0 Å². The molecule has 2 N–H and O–H groups in total. The largest absolute Gasteiger partial charge is 0.493 e. The van der Waals surface area contributed by atoms with Gasteiger partial charge in [0, 0.05) is 6.04 Å². The van der Waals surface area contributed by atoms with Crippen LogP contribution in [-0.4, -0.2) is 7.11 Å². The SMILES string of the molecule is CCc1ccc(Oc2ccc([C@@H](C)N)cc2Br)c(OC)c1. The van der Waals surface area contributed by atoms with Gasteiger partial charge in [-0.3, -0.25) is 0 Å². The van der Waals surface area contributed by atoms with E-state index in [1.54, 1.807) is 7.11 Å². The van der Waals surface area contributed by atoms with Crippen LogP contribution in [0.1, 0.15) is 31.0 Å². The summed E-state index contributed by atoms with van der Waals surface area (Å²) in [5.41, 5.74) is 8.15. The molecule has 2 aromatic rings. The van der Waals surface area contributed by atoms with Crippen molar-refractivity contribution in [1.82, 2.24) is 0 Å². The van der Waals surface area contributed by atoms with E-state index in [0.29, 0.717) is 5.75 Å². The fraction of sp³-hybridized carbons (Fsp3) is 0.294. The van der Waals surface area contributed by atoms with Gasteiger partial charge in [-0.05, 0) is 64.7 Å². The number of nitrogens with two attached hydrogens (primary N) is 1. The Morgan fingerprint density at radius 3 is 2.38 bits per heavy atom. The molecule has 3 nitrogen and oxygen atoms in total. The van der Waals surface area contributed by atoms with Gasteiger partial charge in [-0.25, -0.2) is 0 Å². The van der Waals surface area contributed by atoms with E-state index in [-0.39, 0.29) is 6.04 Å². The maximum atomic E-state index is 5.95. The molecule has 0 radical (unpaired) electrons. The third-order valence-corrected chi connectivity index (χ3v) is 3.96. The third-order valence-electron chi connectivity index (χ3n) is 3.34. The molecule has 0 aliphatic heterocycles. The van der Waals surface area contributed by atoms with E-state index in [1.165, 1.54) is 5.56 Å². The van der Waals surface area contributed by atoms with Gasteiger partial charge < -0.3 is 15.2 Å². The molecule has 4 heteroatoms. The van der Waals surface area contributed by atoms with Crippen LogP contribution in [0.2, 0.25) is 0 Å². The number of hydrogen-bond acceptors (Lipinski definition) is 3. The van der Waals surface area contributed by atoms with E-state index in [2.05, 4.69) is 22.9 Å². The topological polar surface area (TPSA) is 44.5 Å². The van der Waals surface area contributed by atoms with Crippen molar-refractivity contribution in [2.24, 2.45) is 5.73 Å². The van der Waals surface area contributed by atoms with E-state index in [0.717, 1.165) is 28.0 Å². The van der Waals surface area contributed by atoms with Crippen LogP contribution >= 0.6 is 15.9 Å². The summed E-state index contributed by atoms with van der Waals surface area (Å²) < 4.78 is 12.2. The minimum atomic E-state index is -0.00581. The van der Waals surface area contributed by atoms with Crippen molar-refractivity contribution in [3.63, 3.8) is 0 Å². The zero-order valence-electron chi connectivity index (χ0n) is 12.5. The van der Waals surface area contributed by atoms with Crippen LogP contribution < -0.4 is 15.2 Å². The summed E-state index contributed by atoms with van der Waals surface area (Å²) >= 11 is 3.53. The summed E-state index contributed by atoms with van der Waals surface area (Å²) in [6.45, 7) is 4.06. The quantitative estimate of drug-likeness (QED) is 0.840. The maximum Gasteiger partial charge on any atom is 0.169 e. The molecule has 0 saturated carbocycles. The predicted octanol–water partition coefficient (Wildman–Crippen LogP) is 4.83. The number of methoxy groups -OCH3 is 1. The Balaban J connectivity index is 2.29. The number of ether oxygens (including phenoxy) is 2. The molecule has 0 bridgehead atoms. The minimum Gasteiger partial charge on any atom is -0.493 e. The Kier molecular flexibility index (Phi) is 5.26. The first-order valence-corrected chi connectivity index (χ1v) is 7.74. The van der Waals surface area contributed by atoms with Crippen molar-refractivity contribution in [3.8, 4) is 17.2 Å². The van der Waals surface area contributed by atoms with Crippen molar-refractivity contribution in [1.29, 1.82) is 0 Å². The van der Waals surface area contributed by atoms with Gasteiger partial charge in [-0.15, -0.1) is 0 Å². The van der Waals surface area contributed by atoms with E-state index < -0.39 is 0 Å². The van der Waals surface area contributed by atoms with E-state index >= 15 is 0 Å². The summed E-state index contributed by atoms with van der Waals surface area (Å²) in [6, 6.07) is 11.8. The molecule has 0 aromatic heterocycles. The molecule has 0 saturated heterocycles. The normalized spacial score (nSPS) is 12.0. The van der Waals surface area contributed by atoms with Crippen LogP contribution in [0, 0.1) is 0 Å². The zero-order valence-corrected chi connectivity index (χ0v) is 14.1. The van der Waals surface area contributed by atoms with Crippen molar-refractivity contribution in [2.45, 2.75) is 26.3 Å². The second-order valence-electron chi connectivity index (χ2n) is 4.92. The average molecular weight is 350 g/mol. The Hall–Kier alpha value is -1.52. The lowest BCUT2D eigenvalue weighted by Crippen LogP contribution is -2.04. The molecule has 1 atom stereocenters. The third kappa shape index (κ3) is 3.77. The first-order chi connectivity index (χ1) is 10.0. The van der Waals surface area contributed by atoms with Crippen LogP contribution in [0.4, 0.5) is 0 Å². The van der Waals surface area contributed by atoms with Crippen molar-refractivity contribution < 1.29 is 9.47 Å². The molecule has 0 fully saturated rings. The zero-order chi connectivity index (χ0) is 15.4. The molecular formula is C17H20BrNO2. The molecule has 0 amide bonds. The second kappa shape index (κ2) is 6.96.